The van der Waals surface area contributed by atoms with Gasteiger partial charge >= 0.3 is 12.0 Å². The minimum atomic E-state index is -0.961. The molecule has 1 aromatic rings. The van der Waals surface area contributed by atoms with Crippen molar-refractivity contribution in [3.8, 4) is 0 Å². The number of amides is 2. The van der Waals surface area contributed by atoms with Crippen LogP contribution in [-0.4, -0.2) is 49.1 Å². The molecule has 19 heavy (non-hydrogen) atoms. The maximum atomic E-state index is 12.1. The fraction of sp³-hybridized carbons (Fsp3) is 0.545. The second-order valence-electron chi connectivity index (χ2n) is 4.15. The number of imidazole rings is 1. The van der Waals surface area contributed by atoms with Crippen LogP contribution in [0.4, 0.5) is 4.79 Å². The number of thioether (sulfide) groups is 1. The number of carboxylic acids is 1. The highest BCUT2D eigenvalue weighted by molar-refractivity contribution is 8.00. The second kappa shape index (κ2) is 5.96. The van der Waals surface area contributed by atoms with E-state index in [2.05, 4.69) is 15.3 Å². The van der Waals surface area contributed by atoms with Gasteiger partial charge in [-0.3, -0.25) is 4.90 Å². The van der Waals surface area contributed by atoms with Crippen molar-refractivity contribution in [3.63, 3.8) is 0 Å². The van der Waals surface area contributed by atoms with Crippen molar-refractivity contribution in [2.24, 2.45) is 0 Å². The number of carboxylic acid groups (broad SMARTS) is 1. The highest BCUT2D eigenvalue weighted by Crippen LogP contribution is 2.31. The molecule has 7 nitrogen and oxygen atoms in total. The average molecular weight is 284 g/mol. The number of hydrogen-bond donors (Lipinski definition) is 3. The van der Waals surface area contributed by atoms with Crippen LogP contribution in [0.25, 0.3) is 0 Å². The van der Waals surface area contributed by atoms with Crippen molar-refractivity contribution in [1.29, 1.82) is 0 Å². The minimum absolute atomic E-state index is 0.0855. The highest BCUT2D eigenvalue weighted by atomic mass is 32.2. The van der Waals surface area contributed by atoms with Crippen LogP contribution < -0.4 is 5.32 Å². The van der Waals surface area contributed by atoms with Crippen LogP contribution in [0, 0.1) is 0 Å². The molecule has 1 aliphatic rings. The van der Waals surface area contributed by atoms with Gasteiger partial charge in [0, 0.05) is 18.1 Å². The number of aromatic nitrogens is 2. The molecule has 2 amide bonds. The van der Waals surface area contributed by atoms with Gasteiger partial charge in [0.1, 0.15) is 11.9 Å². The van der Waals surface area contributed by atoms with E-state index in [1.54, 1.807) is 12.4 Å². The van der Waals surface area contributed by atoms with Crippen LogP contribution in [0.15, 0.2) is 12.4 Å². The molecule has 2 atom stereocenters. The maximum absolute atomic E-state index is 12.1. The van der Waals surface area contributed by atoms with Gasteiger partial charge in [0.25, 0.3) is 0 Å². The van der Waals surface area contributed by atoms with E-state index in [0.717, 1.165) is 6.42 Å². The Morgan fingerprint density at radius 1 is 1.68 bits per heavy atom. The first-order valence-electron chi connectivity index (χ1n) is 6.02. The molecule has 0 saturated carbocycles. The SMILES string of the molecule is CCC1SCC(C(=O)O)N1C(=O)NCc1ncc[nH]1. The first-order chi connectivity index (χ1) is 9.13. The lowest BCUT2D eigenvalue weighted by Gasteiger charge is -2.26. The van der Waals surface area contributed by atoms with Crippen molar-refractivity contribution < 1.29 is 14.7 Å². The summed E-state index contributed by atoms with van der Waals surface area (Å²) in [6.07, 6.45) is 3.99. The number of rotatable bonds is 4. The summed E-state index contributed by atoms with van der Waals surface area (Å²) in [5, 5.41) is 11.8. The zero-order valence-corrected chi connectivity index (χ0v) is 11.3. The van der Waals surface area contributed by atoms with E-state index >= 15 is 0 Å². The van der Waals surface area contributed by atoms with E-state index in [9.17, 15) is 9.59 Å². The zero-order valence-electron chi connectivity index (χ0n) is 10.5. The summed E-state index contributed by atoms with van der Waals surface area (Å²) in [6, 6.07) is -1.12. The summed E-state index contributed by atoms with van der Waals surface area (Å²) in [5.41, 5.74) is 0. The molecular formula is C11H16N4O3S. The molecule has 0 bridgehead atoms. The standard InChI is InChI=1S/C11H16N4O3S/c1-2-9-15(7(6-19-9)10(16)17)11(18)14-5-8-12-3-4-13-8/h3-4,7,9H,2,5-6H2,1H3,(H,12,13)(H,14,18)(H,16,17). The first-order valence-corrected chi connectivity index (χ1v) is 7.07. The molecule has 3 N–H and O–H groups in total. The molecule has 0 aliphatic carbocycles. The maximum Gasteiger partial charge on any atom is 0.327 e. The Balaban J connectivity index is 2.00. The molecule has 2 rings (SSSR count). The Hall–Kier alpha value is -1.70. The van der Waals surface area contributed by atoms with Crippen LogP contribution in [0.1, 0.15) is 19.2 Å². The van der Waals surface area contributed by atoms with Gasteiger partial charge in [-0.15, -0.1) is 11.8 Å². The van der Waals surface area contributed by atoms with Crippen LogP contribution in [-0.2, 0) is 11.3 Å². The third-order valence-electron chi connectivity index (χ3n) is 2.92. The number of nitrogens with one attached hydrogen (secondary N) is 2. The van der Waals surface area contributed by atoms with E-state index in [0.29, 0.717) is 11.6 Å². The quantitative estimate of drug-likeness (QED) is 0.761. The number of H-pyrrole nitrogens is 1. The normalized spacial score (nSPS) is 22.5. The molecule has 1 aromatic heterocycles. The van der Waals surface area contributed by atoms with Crippen molar-refractivity contribution in [1.82, 2.24) is 20.2 Å². The zero-order chi connectivity index (χ0) is 13.8. The van der Waals surface area contributed by atoms with Crippen molar-refractivity contribution in [2.45, 2.75) is 31.3 Å². The Kier molecular flexibility index (Phi) is 4.31. The number of carbonyl (C=O) groups is 2. The van der Waals surface area contributed by atoms with Crippen LogP contribution >= 0.6 is 11.8 Å². The topological polar surface area (TPSA) is 98.3 Å². The lowest BCUT2D eigenvalue weighted by molar-refractivity contribution is -0.141. The van der Waals surface area contributed by atoms with Gasteiger partial charge in [0.2, 0.25) is 0 Å². The predicted octanol–water partition coefficient (Wildman–Crippen LogP) is 0.857. The molecule has 0 radical (unpaired) electrons. The molecule has 8 heteroatoms. The lowest BCUT2D eigenvalue weighted by atomic mass is 10.3. The van der Waals surface area contributed by atoms with E-state index < -0.39 is 12.0 Å². The number of hydrogen-bond acceptors (Lipinski definition) is 4. The van der Waals surface area contributed by atoms with E-state index in [-0.39, 0.29) is 17.9 Å². The monoisotopic (exact) mass is 284 g/mol. The van der Waals surface area contributed by atoms with Crippen LogP contribution in [0.2, 0.25) is 0 Å². The molecular weight excluding hydrogens is 268 g/mol. The number of aromatic amines is 1. The largest absolute Gasteiger partial charge is 0.480 e. The third kappa shape index (κ3) is 3.01. The number of aliphatic carboxylic acids is 1. The number of carbonyl (C=O) groups excluding carboxylic acids is 1. The molecule has 1 aliphatic heterocycles. The van der Waals surface area contributed by atoms with Gasteiger partial charge < -0.3 is 15.4 Å². The number of urea groups is 1. The Labute approximate surface area is 114 Å². The molecule has 2 unspecified atom stereocenters. The molecule has 1 saturated heterocycles. The van der Waals surface area contributed by atoms with Crippen LogP contribution in [0.5, 0.6) is 0 Å². The molecule has 2 heterocycles. The first kappa shape index (κ1) is 13.7. The summed E-state index contributed by atoms with van der Waals surface area (Å²) >= 11 is 1.50. The van der Waals surface area contributed by atoms with Gasteiger partial charge in [-0.2, -0.15) is 0 Å². The van der Waals surface area contributed by atoms with Gasteiger partial charge in [-0.05, 0) is 6.42 Å². The average Bonchev–Trinajstić information content (AvgIpc) is 3.04. The third-order valence-corrected chi connectivity index (χ3v) is 4.38. The summed E-state index contributed by atoms with van der Waals surface area (Å²) in [4.78, 5) is 31.6. The fourth-order valence-electron chi connectivity index (χ4n) is 1.99. The fourth-order valence-corrected chi connectivity index (χ4v) is 3.33. The second-order valence-corrected chi connectivity index (χ2v) is 5.36. The van der Waals surface area contributed by atoms with E-state index in [1.165, 1.54) is 16.7 Å². The summed E-state index contributed by atoms with van der Waals surface area (Å²) in [7, 11) is 0. The van der Waals surface area contributed by atoms with Crippen molar-refractivity contribution in [2.75, 3.05) is 5.75 Å². The Morgan fingerprint density at radius 3 is 3.05 bits per heavy atom. The number of nitrogens with zero attached hydrogens (tertiary/aromatic N) is 2. The van der Waals surface area contributed by atoms with Gasteiger partial charge in [-0.1, -0.05) is 6.92 Å². The van der Waals surface area contributed by atoms with Gasteiger partial charge in [0.05, 0.1) is 11.9 Å². The van der Waals surface area contributed by atoms with Gasteiger partial charge in [0.15, 0.2) is 0 Å². The summed E-state index contributed by atoms with van der Waals surface area (Å²) < 4.78 is 0. The minimum Gasteiger partial charge on any atom is -0.480 e. The van der Waals surface area contributed by atoms with Crippen molar-refractivity contribution in [3.05, 3.63) is 18.2 Å². The smallest absolute Gasteiger partial charge is 0.327 e. The molecule has 1 fully saturated rings. The lowest BCUT2D eigenvalue weighted by Crippen LogP contribution is -2.49. The summed E-state index contributed by atoms with van der Waals surface area (Å²) in [5.74, 6) is 0.110. The van der Waals surface area contributed by atoms with E-state index in [1.807, 2.05) is 6.92 Å². The van der Waals surface area contributed by atoms with E-state index in [4.69, 9.17) is 5.11 Å². The van der Waals surface area contributed by atoms with Crippen molar-refractivity contribution >= 4 is 23.8 Å². The summed E-state index contributed by atoms with van der Waals surface area (Å²) in [6.45, 7) is 2.20. The molecule has 0 aromatic carbocycles. The predicted molar refractivity (Wildman–Crippen MR) is 70.6 cm³/mol. The highest BCUT2D eigenvalue weighted by Gasteiger charge is 2.40. The van der Waals surface area contributed by atoms with Crippen LogP contribution in [0.3, 0.4) is 0 Å². The molecule has 0 spiro atoms. The Bertz CT molecular complexity index is 451. The molecule has 104 valence electrons. The Morgan fingerprint density at radius 2 is 2.47 bits per heavy atom. The van der Waals surface area contributed by atoms with Gasteiger partial charge in [-0.25, -0.2) is 14.6 Å².